The molecule has 2 heterocycles. The number of carbonyl (C=O) groups is 1. The molecule has 6 heteroatoms. The van der Waals surface area contributed by atoms with E-state index in [9.17, 15) is 9.18 Å². The first-order valence-electron chi connectivity index (χ1n) is 9.53. The average Bonchev–Trinajstić information content (AvgIpc) is 3.12. The lowest BCUT2D eigenvalue weighted by Gasteiger charge is -2.25. The van der Waals surface area contributed by atoms with Crippen LogP contribution in [0, 0.1) is 12.7 Å². The summed E-state index contributed by atoms with van der Waals surface area (Å²) in [6, 6.07) is 14.4. The van der Waals surface area contributed by atoms with Crippen LogP contribution in [0.25, 0.3) is 16.7 Å². The van der Waals surface area contributed by atoms with Crippen molar-refractivity contribution in [3.05, 3.63) is 82.9 Å². The number of halogens is 1. The number of Topliss-reactive ketones (excluding diaryl/α,β-unsaturated/α-hetero) is 1. The maximum Gasteiger partial charge on any atom is 0.167 e. The predicted octanol–water partition coefficient (Wildman–Crippen LogP) is 4.36. The van der Waals surface area contributed by atoms with Crippen molar-refractivity contribution in [1.82, 2.24) is 14.8 Å². The molecule has 2 N–H and O–H groups in total. The molecule has 1 aliphatic carbocycles. The van der Waals surface area contributed by atoms with E-state index in [0.29, 0.717) is 46.5 Å². The van der Waals surface area contributed by atoms with Gasteiger partial charge in [-0.1, -0.05) is 35.9 Å². The van der Waals surface area contributed by atoms with Gasteiger partial charge >= 0.3 is 0 Å². The van der Waals surface area contributed by atoms with Crippen LogP contribution >= 0.6 is 0 Å². The van der Waals surface area contributed by atoms with Gasteiger partial charge < -0.3 is 5.73 Å². The average molecular weight is 386 g/mol. The number of hydrogen-bond donors (Lipinski definition) is 1. The molecule has 29 heavy (non-hydrogen) atoms. The second-order valence-corrected chi connectivity index (χ2v) is 7.56. The highest BCUT2D eigenvalue weighted by Crippen LogP contribution is 2.37. The third kappa shape index (κ3) is 2.88. The van der Waals surface area contributed by atoms with Gasteiger partial charge in [0.1, 0.15) is 5.82 Å². The van der Waals surface area contributed by atoms with Gasteiger partial charge in [0.15, 0.2) is 11.4 Å². The number of hydrogen-bond acceptors (Lipinski definition) is 4. The van der Waals surface area contributed by atoms with E-state index in [0.717, 1.165) is 11.1 Å². The van der Waals surface area contributed by atoms with Crippen molar-refractivity contribution >= 4 is 22.5 Å². The monoisotopic (exact) mass is 386 g/mol. The molecule has 1 unspecified atom stereocenters. The van der Waals surface area contributed by atoms with Crippen molar-refractivity contribution in [2.45, 2.75) is 25.7 Å². The quantitative estimate of drug-likeness (QED) is 0.555. The van der Waals surface area contributed by atoms with E-state index in [2.05, 4.69) is 17.2 Å². The van der Waals surface area contributed by atoms with Crippen LogP contribution in [0.4, 0.5) is 10.1 Å². The molecule has 0 fully saturated rings. The summed E-state index contributed by atoms with van der Waals surface area (Å²) in [6.07, 6.45) is 2.62. The molecule has 4 aromatic rings. The minimum Gasteiger partial charge on any atom is -0.397 e. The third-order valence-electron chi connectivity index (χ3n) is 5.55. The van der Waals surface area contributed by atoms with Gasteiger partial charge in [0.05, 0.1) is 34.2 Å². The fourth-order valence-corrected chi connectivity index (χ4v) is 4.16. The lowest BCUT2D eigenvalue weighted by molar-refractivity contribution is 0.0964. The molecule has 0 aliphatic heterocycles. The Balaban J connectivity index is 1.65. The SMILES string of the molecule is Cc1cccc(C2CC(=O)c3c(nc4c(cnn4-c4cccc(F)c4)c3N)C2)c1. The van der Waals surface area contributed by atoms with Gasteiger partial charge in [-0.3, -0.25) is 4.79 Å². The number of nitrogens with zero attached hydrogens (tertiary/aromatic N) is 3. The summed E-state index contributed by atoms with van der Waals surface area (Å²) in [6.45, 7) is 2.04. The first-order chi connectivity index (χ1) is 14.0. The molecule has 0 spiro atoms. The molecule has 0 bridgehead atoms. The van der Waals surface area contributed by atoms with Gasteiger partial charge in [0, 0.05) is 6.42 Å². The van der Waals surface area contributed by atoms with E-state index < -0.39 is 0 Å². The Morgan fingerprint density at radius 3 is 2.76 bits per heavy atom. The molecule has 1 aliphatic rings. The third-order valence-corrected chi connectivity index (χ3v) is 5.55. The number of aryl methyl sites for hydroxylation is 1. The van der Waals surface area contributed by atoms with Gasteiger partial charge in [0.2, 0.25) is 0 Å². The zero-order chi connectivity index (χ0) is 20.1. The highest BCUT2D eigenvalue weighted by Gasteiger charge is 2.31. The highest BCUT2D eigenvalue weighted by molar-refractivity contribution is 6.09. The zero-order valence-electron chi connectivity index (χ0n) is 15.9. The fraction of sp³-hybridized carbons (Fsp3) is 0.174. The summed E-state index contributed by atoms with van der Waals surface area (Å²) >= 11 is 0. The van der Waals surface area contributed by atoms with Crippen LogP contribution in [0.1, 0.15) is 39.5 Å². The number of nitrogens with two attached hydrogens (primary N) is 1. The van der Waals surface area contributed by atoms with Crippen LogP contribution in [0.5, 0.6) is 0 Å². The van der Waals surface area contributed by atoms with Crippen molar-refractivity contribution in [2.24, 2.45) is 0 Å². The summed E-state index contributed by atoms with van der Waals surface area (Å²) in [5.41, 5.74) is 11.3. The number of benzene rings is 2. The Morgan fingerprint density at radius 1 is 1.14 bits per heavy atom. The Kier molecular flexibility index (Phi) is 3.94. The zero-order valence-corrected chi connectivity index (χ0v) is 15.9. The van der Waals surface area contributed by atoms with E-state index in [1.807, 2.05) is 19.1 Å². The molecule has 2 aromatic carbocycles. The molecule has 5 nitrogen and oxygen atoms in total. The minimum atomic E-state index is -0.355. The molecule has 5 rings (SSSR count). The van der Waals surface area contributed by atoms with Crippen molar-refractivity contribution < 1.29 is 9.18 Å². The number of fused-ring (bicyclic) bond motifs is 2. The van der Waals surface area contributed by atoms with E-state index in [4.69, 9.17) is 10.7 Å². The normalized spacial score (nSPS) is 16.2. The molecule has 0 amide bonds. The van der Waals surface area contributed by atoms with Gasteiger partial charge in [-0.05, 0) is 43.0 Å². The molecule has 0 saturated carbocycles. The van der Waals surface area contributed by atoms with Crippen LogP contribution in [0.3, 0.4) is 0 Å². The van der Waals surface area contributed by atoms with E-state index in [1.165, 1.54) is 12.1 Å². The van der Waals surface area contributed by atoms with Crippen molar-refractivity contribution in [2.75, 3.05) is 5.73 Å². The van der Waals surface area contributed by atoms with Gasteiger partial charge in [-0.25, -0.2) is 14.1 Å². The molecular formula is C23H19FN4O. The lowest BCUT2D eigenvalue weighted by Crippen LogP contribution is -2.22. The van der Waals surface area contributed by atoms with Crippen molar-refractivity contribution in [3.8, 4) is 5.69 Å². The standard InChI is InChI=1S/C23H19FN4O/c1-13-4-2-5-14(8-13)15-9-19-21(20(29)10-15)22(25)18-12-26-28(23(18)27-19)17-7-3-6-16(24)11-17/h2-8,11-12,15H,9-10H2,1H3,(H2,25,27). The first-order valence-corrected chi connectivity index (χ1v) is 9.53. The van der Waals surface area contributed by atoms with Crippen LogP contribution < -0.4 is 5.73 Å². The number of rotatable bonds is 2. The largest absolute Gasteiger partial charge is 0.397 e. The predicted molar refractivity (Wildman–Crippen MR) is 110 cm³/mol. The number of ketones is 1. The Morgan fingerprint density at radius 2 is 1.97 bits per heavy atom. The topological polar surface area (TPSA) is 73.8 Å². The van der Waals surface area contributed by atoms with Crippen molar-refractivity contribution in [3.63, 3.8) is 0 Å². The number of pyridine rings is 1. The Bertz CT molecular complexity index is 1280. The fourth-order valence-electron chi connectivity index (χ4n) is 4.16. The van der Waals surface area contributed by atoms with E-state index in [-0.39, 0.29) is 17.5 Å². The molecule has 0 radical (unpaired) electrons. The summed E-state index contributed by atoms with van der Waals surface area (Å²) in [4.78, 5) is 17.7. The van der Waals surface area contributed by atoms with Crippen LogP contribution in [-0.2, 0) is 6.42 Å². The highest BCUT2D eigenvalue weighted by atomic mass is 19.1. The van der Waals surface area contributed by atoms with E-state index >= 15 is 0 Å². The summed E-state index contributed by atoms with van der Waals surface area (Å²) in [5.74, 6) is -0.292. The van der Waals surface area contributed by atoms with Crippen LogP contribution in [-0.4, -0.2) is 20.5 Å². The Labute approximate surface area is 167 Å². The van der Waals surface area contributed by atoms with Gasteiger partial charge in [-0.15, -0.1) is 0 Å². The minimum absolute atomic E-state index is 0.00293. The van der Waals surface area contributed by atoms with Crippen molar-refractivity contribution in [1.29, 1.82) is 0 Å². The first kappa shape index (κ1) is 17.6. The van der Waals surface area contributed by atoms with Crippen LogP contribution in [0.2, 0.25) is 0 Å². The van der Waals surface area contributed by atoms with Crippen LogP contribution in [0.15, 0.2) is 54.7 Å². The smallest absolute Gasteiger partial charge is 0.167 e. The number of carbonyl (C=O) groups excluding carboxylic acids is 1. The summed E-state index contributed by atoms with van der Waals surface area (Å²) < 4.78 is 15.3. The summed E-state index contributed by atoms with van der Waals surface area (Å²) in [7, 11) is 0. The lowest BCUT2D eigenvalue weighted by atomic mass is 9.80. The molecule has 2 aromatic heterocycles. The summed E-state index contributed by atoms with van der Waals surface area (Å²) in [5, 5.41) is 4.96. The van der Waals surface area contributed by atoms with Gasteiger partial charge in [-0.2, -0.15) is 5.10 Å². The van der Waals surface area contributed by atoms with Gasteiger partial charge in [0.25, 0.3) is 0 Å². The molecule has 144 valence electrons. The molecular weight excluding hydrogens is 367 g/mol. The maximum absolute atomic E-state index is 13.7. The second kappa shape index (κ2) is 6.51. The maximum atomic E-state index is 13.7. The molecule has 0 saturated heterocycles. The molecule has 1 atom stereocenters. The number of nitrogen functional groups attached to an aromatic ring is 1. The Hall–Kier alpha value is -3.54. The second-order valence-electron chi connectivity index (χ2n) is 7.56. The number of aromatic nitrogens is 3. The number of anilines is 1. The van der Waals surface area contributed by atoms with E-state index in [1.54, 1.807) is 23.0 Å².